The molecule has 2 bridgehead atoms. The second kappa shape index (κ2) is 7.03. The lowest BCUT2D eigenvalue weighted by Crippen LogP contribution is -2.48. The van der Waals surface area contributed by atoms with Crippen LogP contribution >= 0.6 is 11.8 Å². The predicted molar refractivity (Wildman–Crippen MR) is 86.4 cm³/mol. The molecule has 2 fully saturated rings. The Hall–Kier alpha value is -0.420. The molecule has 3 atom stereocenters. The third-order valence-electron chi connectivity index (χ3n) is 4.51. The highest BCUT2D eigenvalue weighted by molar-refractivity contribution is 7.98. The van der Waals surface area contributed by atoms with Crippen LogP contribution in [0.5, 0.6) is 0 Å². The molecule has 2 amide bonds. The molecule has 0 aromatic carbocycles. The van der Waals surface area contributed by atoms with Crippen LogP contribution in [0.1, 0.15) is 40.0 Å². The molecule has 1 N–H and O–H groups in total. The lowest BCUT2D eigenvalue weighted by Gasteiger charge is -2.32. The van der Waals surface area contributed by atoms with E-state index in [0.29, 0.717) is 18.1 Å². The summed E-state index contributed by atoms with van der Waals surface area (Å²) in [6, 6.07) is 2.21. The Morgan fingerprint density at radius 2 is 1.95 bits per heavy atom. The van der Waals surface area contributed by atoms with Crippen LogP contribution in [0.4, 0.5) is 4.79 Å². The van der Waals surface area contributed by atoms with Crippen molar-refractivity contribution < 1.29 is 4.79 Å². The molecule has 0 unspecified atom stereocenters. The van der Waals surface area contributed by atoms with Crippen molar-refractivity contribution in [3.63, 3.8) is 0 Å². The zero-order valence-corrected chi connectivity index (χ0v) is 14.1. The Labute approximate surface area is 127 Å². The smallest absolute Gasteiger partial charge is 0.317 e. The molecule has 2 aliphatic rings. The van der Waals surface area contributed by atoms with Gasteiger partial charge >= 0.3 is 6.03 Å². The van der Waals surface area contributed by atoms with Crippen LogP contribution in [0.3, 0.4) is 0 Å². The van der Waals surface area contributed by atoms with Crippen molar-refractivity contribution in [1.82, 2.24) is 15.1 Å². The maximum Gasteiger partial charge on any atom is 0.317 e. The van der Waals surface area contributed by atoms with Crippen LogP contribution in [0.25, 0.3) is 0 Å². The van der Waals surface area contributed by atoms with E-state index in [1.165, 1.54) is 12.8 Å². The average Bonchev–Trinajstić information content (AvgIpc) is 2.64. The molecule has 5 heteroatoms. The summed E-state index contributed by atoms with van der Waals surface area (Å²) in [6.07, 6.45) is 5.75. The molecule has 2 aliphatic heterocycles. The molecule has 116 valence electrons. The second-order valence-corrected chi connectivity index (χ2v) is 7.38. The number of nitrogens with one attached hydrogen (secondary N) is 1. The summed E-state index contributed by atoms with van der Waals surface area (Å²) in [5.74, 6) is 0.976. The van der Waals surface area contributed by atoms with Gasteiger partial charge in [-0.1, -0.05) is 0 Å². The molecule has 20 heavy (non-hydrogen) atoms. The lowest BCUT2D eigenvalue weighted by molar-refractivity contribution is 0.146. The monoisotopic (exact) mass is 299 g/mol. The molecule has 0 saturated carbocycles. The van der Waals surface area contributed by atoms with Crippen LogP contribution in [0, 0.1) is 0 Å². The fourth-order valence-corrected chi connectivity index (χ4v) is 4.32. The topological polar surface area (TPSA) is 35.6 Å². The number of hydrogen-bond acceptors (Lipinski definition) is 3. The van der Waals surface area contributed by atoms with Gasteiger partial charge in [0.15, 0.2) is 0 Å². The first-order valence-corrected chi connectivity index (χ1v) is 9.24. The number of urea groups is 1. The largest absolute Gasteiger partial charge is 0.335 e. The van der Waals surface area contributed by atoms with Gasteiger partial charge in [0.2, 0.25) is 0 Å². The van der Waals surface area contributed by atoms with Crippen molar-refractivity contribution in [2.24, 2.45) is 0 Å². The summed E-state index contributed by atoms with van der Waals surface area (Å²) in [4.78, 5) is 17.1. The molecule has 0 aromatic rings. The summed E-state index contributed by atoms with van der Waals surface area (Å²) in [5.41, 5.74) is 0. The van der Waals surface area contributed by atoms with E-state index in [1.807, 2.05) is 4.90 Å². The number of thioether (sulfide) groups is 1. The first kappa shape index (κ1) is 16.0. The third kappa shape index (κ3) is 3.61. The average molecular weight is 299 g/mol. The minimum absolute atomic E-state index is 0.128. The minimum atomic E-state index is 0.128. The fraction of sp³-hybridized carbons (Fsp3) is 0.933. The molecular formula is C15H29N3OS. The molecule has 2 saturated heterocycles. The van der Waals surface area contributed by atoms with Gasteiger partial charge in [0.05, 0.1) is 0 Å². The number of rotatable bonds is 4. The predicted octanol–water partition coefficient (Wildman–Crippen LogP) is 2.39. The molecule has 4 nitrogen and oxygen atoms in total. The number of amides is 2. The van der Waals surface area contributed by atoms with Gasteiger partial charge in [0.25, 0.3) is 0 Å². The normalized spacial score (nSPS) is 28.6. The van der Waals surface area contributed by atoms with Gasteiger partial charge in [-0.05, 0) is 46.3 Å². The molecule has 2 rings (SSSR count). The Kier molecular flexibility index (Phi) is 5.61. The van der Waals surface area contributed by atoms with E-state index in [1.54, 1.807) is 11.8 Å². The van der Waals surface area contributed by atoms with Gasteiger partial charge < -0.3 is 10.2 Å². The highest BCUT2D eigenvalue weighted by Crippen LogP contribution is 2.31. The number of carbonyl (C=O) groups is 1. The number of nitrogens with zero attached hydrogens (tertiary/aromatic N) is 2. The van der Waals surface area contributed by atoms with Gasteiger partial charge in [0.1, 0.15) is 0 Å². The van der Waals surface area contributed by atoms with Crippen molar-refractivity contribution in [3.05, 3.63) is 0 Å². The van der Waals surface area contributed by atoms with Crippen LogP contribution in [-0.2, 0) is 0 Å². The van der Waals surface area contributed by atoms with Crippen molar-refractivity contribution in [2.75, 3.05) is 25.1 Å². The SMILES string of the molecule is CSC[C@@H](C)NC(=O)N1CC[C@H]2CC[C@@H](C1)N2C(C)C. The van der Waals surface area contributed by atoms with E-state index < -0.39 is 0 Å². The summed E-state index contributed by atoms with van der Waals surface area (Å²) in [7, 11) is 0. The zero-order chi connectivity index (χ0) is 14.7. The number of hydrogen-bond donors (Lipinski definition) is 1. The summed E-state index contributed by atoms with van der Waals surface area (Å²) >= 11 is 1.78. The third-order valence-corrected chi connectivity index (χ3v) is 5.34. The van der Waals surface area contributed by atoms with E-state index in [-0.39, 0.29) is 12.1 Å². The van der Waals surface area contributed by atoms with Crippen molar-refractivity contribution in [1.29, 1.82) is 0 Å². The van der Waals surface area contributed by atoms with Gasteiger partial charge in [-0.15, -0.1) is 0 Å². The van der Waals surface area contributed by atoms with Gasteiger partial charge in [0, 0.05) is 43.0 Å². The highest BCUT2D eigenvalue weighted by Gasteiger charge is 2.39. The summed E-state index contributed by atoms with van der Waals surface area (Å²) < 4.78 is 0. The Morgan fingerprint density at radius 1 is 1.25 bits per heavy atom. The van der Waals surface area contributed by atoms with Crippen LogP contribution in [-0.4, -0.2) is 65.1 Å². The molecule has 0 aromatic heterocycles. The van der Waals surface area contributed by atoms with Gasteiger partial charge in [-0.3, -0.25) is 4.90 Å². The van der Waals surface area contributed by atoms with E-state index in [2.05, 4.69) is 37.2 Å². The molecule has 0 radical (unpaired) electrons. The number of carbonyl (C=O) groups excluding carboxylic acids is 1. The van der Waals surface area contributed by atoms with Gasteiger partial charge in [-0.2, -0.15) is 11.8 Å². The Morgan fingerprint density at radius 3 is 2.60 bits per heavy atom. The number of fused-ring (bicyclic) bond motifs is 2. The highest BCUT2D eigenvalue weighted by atomic mass is 32.2. The molecule has 2 heterocycles. The van der Waals surface area contributed by atoms with Crippen LogP contribution < -0.4 is 5.32 Å². The molecule has 0 spiro atoms. The van der Waals surface area contributed by atoms with Crippen molar-refractivity contribution >= 4 is 17.8 Å². The lowest BCUT2D eigenvalue weighted by atomic mass is 10.1. The first-order chi connectivity index (χ1) is 9.52. The van der Waals surface area contributed by atoms with Crippen LogP contribution in [0.2, 0.25) is 0 Å². The van der Waals surface area contributed by atoms with Crippen molar-refractivity contribution in [2.45, 2.75) is 64.2 Å². The van der Waals surface area contributed by atoms with E-state index in [9.17, 15) is 4.79 Å². The maximum absolute atomic E-state index is 12.4. The zero-order valence-electron chi connectivity index (χ0n) is 13.3. The van der Waals surface area contributed by atoms with E-state index in [0.717, 1.165) is 25.3 Å². The Bertz CT molecular complexity index is 337. The minimum Gasteiger partial charge on any atom is -0.335 e. The van der Waals surface area contributed by atoms with E-state index in [4.69, 9.17) is 0 Å². The fourth-order valence-electron chi connectivity index (χ4n) is 3.73. The summed E-state index contributed by atoms with van der Waals surface area (Å²) in [6.45, 7) is 8.44. The quantitative estimate of drug-likeness (QED) is 0.866. The summed E-state index contributed by atoms with van der Waals surface area (Å²) in [5, 5.41) is 3.13. The standard InChI is InChI=1S/C15H29N3OS/c1-11(2)18-13-5-6-14(18)9-17(8-7-13)15(19)16-12(3)10-20-4/h11-14H,5-10H2,1-4H3,(H,16,19)/t12-,13-,14+/m1/s1. The molecule has 0 aliphatic carbocycles. The maximum atomic E-state index is 12.4. The van der Waals surface area contributed by atoms with Crippen molar-refractivity contribution in [3.8, 4) is 0 Å². The number of likely N-dealkylation sites (tertiary alicyclic amines) is 1. The van der Waals surface area contributed by atoms with Crippen LogP contribution in [0.15, 0.2) is 0 Å². The second-order valence-electron chi connectivity index (χ2n) is 6.47. The van der Waals surface area contributed by atoms with Gasteiger partial charge in [-0.25, -0.2) is 4.79 Å². The van der Waals surface area contributed by atoms with E-state index >= 15 is 0 Å². The molecular weight excluding hydrogens is 270 g/mol. The Balaban J connectivity index is 1.93. The first-order valence-electron chi connectivity index (χ1n) is 7.84.